The molecule has 0 saturated heterocycles. The molecule has 0 N–H and O–H groups in total. The van der Waals surface area contributed by atoms with Gasteiger partial charge in [-0.2, -0.15) is 0 Å². The second-order valence-corrected chi connectivity index (χ2v) is 3.75. The van der Waals surface area contributed by atoms with Crippen molar-refractivity contribution in [2.75, 3.05) is 0 Å². The molecule has 16 heavy (non-hydrogen) atoms. The summed E-state index contributed by atoms with van der Waals surface area (Å²) in [5, 5.41) is 1.20. The van der Waals surface area contributed by atoms with Gasteiger partial charge in [0.15, 0.2) is 0 Å². The molecule has 0 amide bonds. The molecule has 1 heterocycles. The first kappa shape index (κ1) is 16.1. The van der Waals surface area contributed by atoms with Crippen molar-refractivity contribution in [3.05, 3.63) is 42.6 Å². The summed E-state index contributed by atoms with van der Waals surface area (Å²) in [6, 6.07) is 12.1. The van der Waals surface area contributed by atoms with Gasteiger partial charge >= 0.3 is 80.0 Å². The molecule has 1 aromatic heterocycles. The first-order valence-corrected chi connectivity index (χ1v) is 5.81. The number of nitrogens with zero attached hydrogens (tertiary/aromatic N) is 1. The van der Waals surface area contributed by atoms with Crippen molar-refractivity contribution < 1.29 is 80.0 Å². The molecule has 0 aliphatic carbocycles. The predicted molar refractivity (Wildman–Crippen MR) is 43.8 cm³/mol. The second-order valence-electron chi connectivity index (χ2n) is 2.57. The number of hydrogen-bond acceptors (Lipinski definition) is 5. The third-order valence-electron chi connectivity index (χ3n) is 1.51. The third-order valence-corrected chi connectivity index (χ3v) is 1.51. The van der Waals surface area contributed by atoms with Crippen LogP contribution in [0.15, 0.2) is 42.6 Å². The van der Waals surface area contributed by atoms with Crippen molar-refractivity contribution >= 4 is 10.9 Å². The van der Waals surface area contributed by atoms with Crippen LogP contribution in [-0.4, -0.2) is 4.98 Å². The molecule has 7 heteroatoms. The standard InChI is InChI=1S/C9H7N.K.Mn.4O/c1-2-6-9-8(4-1)5-3-7-10-9;;;;;;/h1-7H;;;;;;/q;+1;;;;;-1. The summed E-state index contributed by atoms with van der Waals surface area (Å²) in [5.41, 5.74) is 1.06. The van der Waals surface area contributed by atoms with E-state index in [0.29, 0.717) is 0 Å². The monoisotopic (exact) mass is 287 g/mol. The van der Waals surface area contributed by atoms with Crippen LogP contribution >= 0.6 is 0 Å². The van der Waals surface area contributed by atoms with Crippen LogP contribution in [-0.2, 0) is 24.5 Å². The molecule has 0 radical (unpaired) electrons. The fraction of sp³-hybridized carbons (Fsp3) is 0. The van der Waals surface area contributed by atoms with E-state index in [1.54, 1.807) is 0 Å². The van der Waals surface area contributed by atoms with Gasteiger partial charge in [0.05, 0.1) is 5.52 Å². The van der Waals surface area contributed by atoms with E-state index in [-0.39, 0.29) is 51.4 Å². The van der Waals surface area contributed by atoms with E-state index in [4.69, 9.17) is 15.7 Å². The Labute approximate surface area is 136 Å². The molecule has 1 aromatic carbocycles. The van der Waals surface area contributed by atoms with E-state index < -0.39 is 13.0 Å². The Balaban J connectivity index is 0.000000330. The molecular weight excluding hydrogens is 280 g/mol. The molecule has 0 atom stereocenters. The van der Waals surface area contributed by atoms with E-state index in [9.17, 15) is 0 Å². The molecule has 0 unspecified atom stereocenters. The summed E-state index contributed by atoms with van der Waals surface area (Å²) in [6.45, 7) is 0. The molecular formula is C9H7KMnNO4. The van der Waals surface area contributed by atoms with E-state index in [2.05, 4.69) is 17.1 Å². The van der Waals surface area contributed by atoms with Gasteiger partial charge in [-0.3, -0.25) is 4.98 Å². The average molecular weight is 287 g/mol. The zero-order valence-corrected chi connectivity index (χ0v) is 12.8. The van der Waals surface area contributed by atoms with Gasteiger partial charge < -0.3 is 0 Å². The maximum Gasteiger partial charge on any atom is 0.0701 e. The molecule has 2 rings (SSSR count). The summed E-state index contributed by atoms with van der Waals surface area (Å²) in [4.78, 5) is 4.18. The van der Waals surface area contributed by atoms with Crippen LogP contribution in [0.5, 0.6) is 0 Å². The van der Waals surface area contributed by atoms with Crippen molar-refractivity contribution in [2.24, 2.45) is 0 Å². The summed E-state index contributed by atoms with van der Waals surface area (Å²) in [6.07, 6.45) is 1.81. The minimum atomic E-state index is -5.62. The van der Waals surface area contributed by atoms with Gasteiger partial charge in [0.25, 0.3) is 0 Å². The van der Waals surface area contributed by atoms with Gasteiger partial charge in [-0.05, 0) is 12.1 Å². The molecule has 0 saturated carbocycles. The van der Waals surface area contributed by atoms with Crippen LogP contribution in [0, 0.1) is 0 Å². The van der Waals surface area contributed by atoms with E-state index in [1.165, 1.54) is 5.39 Å². The Bertz CT molecular complexity index is 527. The van der Waals surface area contributed by atoms with Gasteiger partial charge in [-0.1, -0.05) is 24.3 Å². The van der Waals surface area contributed by atoms with Crippen molar-refractivity contribution in [1.29, 1.82) is 0 Å². The maximum absolute atomic E-state index is 8.58. The third kappa shape index (κ3) is 7.42. The van der Waals surface area contributed by atoms with Crippen LogP contribution in [0.25, 0.3) is 10.9 Å². The summed E-state index contributed by atoms with van der Waals surface area (Å²) < 4.78 is 34.3. The summed E-state index contributed by atoms with van der Waals surface area (Å²) in [7, 11) is 0. The fourth-order valence-electron chi connectivity index (χ4n) is 1.02. The molecule has 2 aromatic rings. The normalized spacial score (nSPS) is 9.81. The Morgan fingerprint density at radius 1 is 1.00 bits per heavy atom. The molecule has 0 fully saturated rings. The van der Waals surface area contributed by atoms with Crippen molar-refractivity contribution in [3.8, 4) is 0 Å². The Hall–Kier alpha value is 0.146. The maximum atomic E-state index is 8.58. The van der Waals surface area contributed by atoms with Crippen LogP contribution in [0.2, 0.25) is 0 Å². The number of aromatic nitrogens is 1. The van der Waals surface area contributed by atoms with Gasteiger partial charge in [-0.15, -0.1) is 0 Å². The number of rotatable bonds is 0. The molecule has 0 aliphatic rings. The minimum absolute atomic E-state index is 0. The van der Waals surface area contributed by atoms with Crippen LogP contribution in [0.4, 0.5) is 0 Å². The summed E-state index contributed by atoms with van der Waals surface area (Å²) >= 11 is -5.62. The zero-order valence-electron chi connectivity index (χ0n) is 8.50. The number of fused-ring (bicyclic) bond motifs is 1. The zero-order chi connectivity index (χ0) is 11.3. The largest absolute Gasteiger partial charge is 0.256 e. The fourth-order valence-corrected chi connectivity index (χ4v) is 1.02. The first-order chi connectivity index (χ1) is 6.97. The van der Waals surface area contributed by atoms with Gasteiger partial charge in [0.2, 0.25) is 0 Å². The van der Waals surface area contributed by atoms with E-state index >= 15 is 0 Å². The Morgan fingerprint density at radius 2 is 1.50 bits per heavy atom. The molecule has 0 bridgehead atoms. The van der Waals surface area contributed by atoms with Gasteiger partial charge in [-0.25, -0.2) is 0 Å². The van der Waals surface area contributed by atoms with Crippen molar-refractivity contribution in [3.63, 3.8) is 0 Å². The number of pyridine rings is 1. The van der Waals surface area contributed by atoms with E-state index in [0.717, 1.165) is 5.52 Å². The smallest absolute Gasteiger partial charge is 0.0701 e. The molecule has 0 aliphatic heterocycles. The van der Waals surface area contributed by atoms with Crippen LogP contribution in [0.3, 0.4) is 0 Å². The quantitative estimate of drug-likeness (QED) is 0.508. The Morgan fingerprint density at radius 3 is 2.06 bits per heavy atom. The average Bonchev–Trinajstić information content (AvgIpc) is 2.16. The number of benzene rings is 1. The number of hydrogen-bond donors (Lipinski definition) is 0. The first-order valence-electron chi connectivity index (χ1n) is 3.88. The van der Waals surface area contributed by atoms with E-state index in [1.807, 2.05) is 30.5 Å². The van der Waals surface area contributed by atoms with Crippen molar-refractivity contribution in [1.82, 2.24) is 4.98 Å². The van der Waals surface area contributed by atoms with Crippen LogP contribution < -0.4 is 55.6 Å². The molecule has 0 spiro atoms. The second kappa shape index (κ2) is 7.47. The van der Waals surface area contributed by atoms with Crippen molar-refractivity contribution in [2.45, 2.75) is 0 Å². The molecule has 5 nitrogen and oxygen atoms in total. The summed E-state index contributed by atoms with van der Waals surface area (Å²) in [5.74, 6) is 0. The Kier molecular flexibility index (Phi) is 7.54. The van der Waals surface area contributed by atoms with Gasteiger partial charge in [0, 0.05) is 11.6 Å². The minimum Gasteiger partial charge on any atom is -0.256 e. The van der Waals surface area contributed by atoms with Gasteiger partial charge in [0.1, 0.15) is 0 Å². The predicted octanol–water partition coefficient (Wildman–Crippen LogP) is -2.31. The van der Waals surface area contributed by atoms with Crippen LogP contribution in [0.1, 0.15) is 0 Å². The number of para-hydroxylation sites is 1. The molecule has 80 valence electrons. The topological polar surface area (TPSA) is 87.2 Å². The SMILES string of the molecule is [K+].[O]=[Mn](=[O])(=[O])[O-].c1ccc2ncccc2c1.